The van der Waals surface area contributed by atoms with Crippen LogP contribution >= 0.6 is 0 Å². The minimum atomic E-state index is -0.380. The van der Waals surface area contributed by atoms with Gasteiger partial charge in [-0.2, -0.15) is 0 Å². The third kappa shape index (κ3) is 3.31. The second-order valence-corrected chi connectivity index (χ2v) is 4.00. The Kier molecular flexibility index (Phi) is 4.70. The zero-order valence-electron chi connectivity index (χ0n) is 10.2. The molecule has 0 saturated heterocycles. The Morgan fingerprint density at radius 2 is 2.00 bits per heavy atom. The molecule has 0 heterocycles. The summed E-state index contributed by atoms with van der Waals surface area (Å²) in [5.41, 5.74) is 0.699. The van der Waals surface area contributed by atoms with E-state index in [2.05, 4.69) is 13.2 Å². The van der Waals surface area contributed by atoms with Crippen molar-refractivity contribution in [3.8, 4) is 0 Å². The molecule has 0 aromatic heterocycles. The van der Waals surface area contributed by atoms with Crippen LogP contribution in [0.15, 0.2) is 55.6 Å². The Bertz CT molecular complexity index is 395. The first-order valence-corrected chi connectivity index (χ1v) is 5.58. The van der Waals surface area contributed by atoms with E-state index in [9.17, 15) is 4.79 Å². The number of carbonyl (C=O) groups excluding carboxylic acids is 1. The quantitative estimate of drug-likeness (QED) is 0.554. The summed E-state index contributed by atoms with van der Waals surface area (Å²) < 4.78 is 5.15. The summed E-state index contributed by atoms with van der Waals surface area (Å²) >= 11 is 0. The fraction of sp³-hybridized carbons (Fsp3) is 0.267. The van der Waals surface area contributed by atoms with Gasteiger partial charge in [0.25, 0.3) is 0 Å². The van der Waals surface area contributed by atoms with E-state index in [-0.39, 0.29) is 11.4 Å². The van der Waals surface area contributed by atoms with E-state index < -0.39 is 0 Å². The number of hydrogen-bond donors (Lipinski definition) is 0. The normalized spacial score (nSPS) is 13.5. The number of hydrogen-bond acceptors (Lipinski definition) is 2. The average molecular weight is 230 g/mol. The molecule has 0 spiro atoms. The second-order valence-electron chi connectivity index (χ2n) is 4.00. The van der Waals surface area contributed by atoms with Crippen molar-refractivity contribution in [1.29, 1.82) is 0 Å². The molecule has 0 aliphatic carbocycles. The number of ether oxygens (including phenoxy) is 1. The van der Waals surface area contributed by atoms with E-state index >= 15 is 0 Å². The average Bonchev–Trinajstić information content (AvgIpc) is 2.35. The lowest BCUT2D eigenvalue weighted by Crippen LogP contribution is -2.30. The smallest absolute Gasteiger partial charge is 0.302 e. The Morgan fingerprint density at radius 1 is 1.35 bits per heavy atom. The summed E-state index contributed by atoms with van der Waals surface area (Å²) in [6.07, 6.45) is 4.33. The number of rotatable bonds is 6. The van der Waals surface area contributed by atoms with Crippen molar-refractivity contribution in [2.75, 3.05) is 6.61 Å². The number of allylic oxidation sites excluding steroid dienone is 1. The van der Waals surface area contributed by atoms with Crippen LogP contribution in [0.3, 0.4) is 0 Å². The molecular formula is C15H18O2. The first-order chi connectivity index (χ1) is 8.14. The molecule has 1 atom stereocenters. The SMILES string of the molecule is C=CCC(C=C)(COC(C)=O)c1ccccc1. The minimum absolute atomic E-state index is 0.281. The fourth-order valence-electron chi connectivity index (χ4n) is 1.78. The summed E-state index contributed by atoms with van der Waals surface area (Å²) in [7, 11) is 0. The topological polar surface area (TPSA) is 26.3 Å². The Morgan fingerprint density at radius 3 is 2.47 bits per heavy atom. The summed E-state index contributed by atoms with van der Waals surface area (Å²) in [5, 5.41) is 0. The van der Waals surface area contributed by atoms with Crippen molar-refractivity contribution in [1.82, 2.24) is 0 Å². The van der Waals surface area contributed by atoms with Crippen LogP contribution in [-0.2, 0) is 14.9 Å². The van der Waals surface area contributed by atoms with Gasteiger partial charge in [-0.1, -0.05) is 42.5 Å². The van der Waals surface area contributed by atoms with Gasteiger partial charge in [0.1, 0.15) is 6.61 Å². The Balaban J connectivity index is 3.03. The van der Waals surface area contributed by atoms with Crippen molar-refractivity contribution in [2.24, 2.45) is 0 Å². The van der Waals surface area contributed by atoms with Crippen molar-refractivity contribution >= 4 is 5.97 Å². The van der Waals surface area contributed by atoms with Crippen LogP contribution in [-0.4, -0.2) is 12.6 Å². The molecule has 0 bridgehead atoms. The molecule has 0 fully saturated rings. The van der Waals surface area contributed by atoms with Crippen LogP contribution in [0.2, 0.25) is 0 Å². The lowest BCUT2D eigenvalue weighted by molar-refractivity contribution is -0.142. The van der Waals surface area contributed by atoms with Crippen molar-refractivity contribution in [3.63, 3.8) is 0 Å². The predicted octanol–water partition coefficient (Wildman–Crippen LogP) is 3.25. The van der Waals surface area contributed by atoms with Crippen LogP contribution in [0.1, 0.15) is 18.9 Å². The summed E-state index contributed by atoms with van der Waals surface area (Å²) in [5.74, 6) is -0.281. The van der Waals surface area contributed by atoms with Crippen LogP contribution in [0, 0.1) is 0 Å². The Labute approximate surface area is 103 Å². The number of esters is 1. The minimum Gasteiger partial charge on any atom is -0.465 e. The van der Waals surface area contributed by atoms with Crippen LogP contribution < -0.4 is 0 Å². The van der Waals surface area contributed by atoms with Gasteiger partial charge in [-0.25, -0.2) is 0 Å². The first kappa shape index (κ1) is 13.2. The third-order valence-corrected chi connectivity index (χ3v) is 2.78. The van der Waals surface area contributed by atoms with Crippen molar-refractivity contribution in [2.45, 2.75) is 18.8 Å². The predicted molar refractivity (Wildman–Crippen MR) is 69.8 cm³/mol. The van der Waals surface area contributed by atoms with Gasteiger partial charge >= 0.3 is 5.97 Å². The first-order valence-electron chi connectivity index (χ1n) is 5.58. The molecule has 17 heavy (non-hydrogen) atoms. The fourth-order valence-corrected chi connectivity index (χ4v) is 1.78. The van der Waals surface area contributed by atoms with Gasteiger partial charge in [0.2, 0.25) is 0 Å². The zero-order chi connectivity index (χ0) is 12.7. The van der Waals surface area contributed by atoms with Gasteiger partial charge < -0.3 is 4.74 Å². The summed E-state index contributed by atoms with van der Waals surface area (Å²) in [6, 6.07) is 9.90. The second kappa shape index (κ2) is 6.04. The third-order valence-electron chi connectivity index (χ3n) is 2.78. The number of benzene rings is 1. The van der Waals surface area contributed by atoms with E-state index in [4.69, 9.17) is 4.74 Å². The lowest BCUT2D eigenvalue weighted by Gasteiger charge is -2.29. The molecule has 0 saturated carbocycles. The molecule has 0 aliphatic rings. The van der Waals surface area contributed by atoms with Gasteiger partial charge in [0.15, 0.2) is 0 Å². The molecule has 0 amide bonds. The lowest BCUT2D eigenvalue weighted by atomic mass is 9.78. The van der Waals surface area contributed by atoms with Gasteiger partial charge in [-0.3, -0.25) is 4.79 Å². The highest BCUT2D eigenvalue weighted by atomic mass is 16.5. The number of carbonyl (C=O) groups is 1. The van der Waals surface area contributed by atoms with Crippen molar-refractivity contribution < 1.29 is 9.53 Å². The highest BCUT2D eigenvalue weighted by Gasteiger charge is 2.28. The Hall–Kier alpha value is -1.83. The van der Waals surface area contributed by atoms with Gasteiger partial charge in [0.05, 0.1) is 5.41 Å². The molecular weight excluding hydrogens is 212 g/mol. The van der Waals surface area contributed by atoms with Crippen LogP contribution in [0.4, 0.5) is 0 Å². The summed E-state index contributed by atoms with van der Waals surface area (Å²) in [6.45, 7) is 9.33. The van der Waals surface area contributed by atoms with Crippen molar-refractivity contribution in [3.05, 3.63) is 61.2 Å². The standard InChI is InChI=1S/C15H18O2/c1-4-11-15(5-2,12-17-13(3)16)14-9-7-6-8-10-14/h4-10H,1-2,11-12H2,3H3. The van der Waals surface area contributed by atoms with E-state index in [1.54, 1.807) is 0 Å². The molecule has 0 radical (unpaired) electrons. The van der Waals surface area contributed by atoms with Crippen LogP contribution in [0.25, 0.3) is 0 Å². The van der Waals surface area contributed by atoms with E-state index in [0.29, 0.717) is 13.0 Å². The molecule has 0 aliphatic heterocycles. The van der Waals surface area contributed by atoms with Gasteiger partial charge in [-0.15, -0.1) is 13.2 Å². The molecule has 90 valence electrons. The van der Waals surface area contributed by atoms with E-state index in [1.165, 1.54) is 6.92 Å². The molecule has 1 rings (SSSR count). The van der Waals surface area contributed by atoms with Crippen LogP contribution in [0.5, 0.6) is 0 Å². The zero-order valence-corrected chi connectivity index (χ0v) is 10.2. The highest BCUT2D eigenvalue weighted by molar-refractivity contribution is 5.66. The summed E-state index contributed by atoms with van der Waals surface area (Å²) in [4.78, 5) is 11.0. The van der Waals surface area contributed by atoms with E-state index in [0.717, 1.165) is 5.56 Å². The molecule has 0 N–H and O–H groups in total. The maximum atomic E-state index is 11.0. The van der Waals surface area contributed by atoms with Gasteiger partial charge in [-0.05, 0) is 12.0 Å². The van der Waals surface area contributed by atoms with E-state index in [1.807, 2.05) is 42.5 Å². The molecule has 1 unspecified atom stereocenters. The maximum Gasteiger partial charge on any atom is 0.302 e. The highest BCUT2D eigenvalue weighted by Crippen LogP contribution is 2.30. The maximum absolute atomic E-state index is 11.0. The monoisotopic (exact) mass is 230 g/mol. The molecule has 2 heteroatoms. The molecule has 2 nitrogen and oxygen atoms in total. The largest absolute Gasteiger partial charge is 0.465 e. The molecule has 1 aromatic carbocycles. The molecule has 1 aromatic rings. The van der Waals surface area contributed by atoms with Gasteiger partial charge in [0, 0.05) is 6.92 Å².